The Balaban J connectivity index is 2.50. The van der Waals surface area contributed by atoms with Gasteiger partial charge in [0.1, 0.15) is 5.75 Å². The van der Waals surface area contributed by atoms with Gasteiger partial charge in [-0.2, -0.15) is 8.78 Å². The summed E-state index contributed by atoms with van der Waals surface area (Å²) in [6, 6.07) is 6.45. The highest BCUT2D eigenvalue weighted by atomic mass is 19.3. The van der Waals surface area contributed by atoms with E-state index in [1.807, 2.05) is 0 Å². The van der Waals surface area contributed by atoms with Crippen molar-refractivity contribution in [2.24, 2.45) is 0 Å². The molecule has 5 heteroatoms. The van der Waals surface area contributed by atoms with Crippen LogP contribution < -0.4 is 10.1 Å². The van der Waals surface area contributed by atoms with Crippen molar-refractivity contribution in [3.05, 3.63) is 29.8 Å². The topological polar surface area (TPSA) is 41.5 Å². The summed E-state index contributed by atoms with van der Waals surface area (Å²) in [5.41, 5.74) is 0.835. The van der Waals surface area contributed by atoms with Crippen LogP contribution in [0.15, 0.2) is 24.3 Å². The number of rotatable bonds is 6. The quantitative estimate of drug-likeness (QED) is 0.707. The largest absolute Gasteiger partial charge is 0.435 e. The van der Waals surface area contributed by atoms with E-state index >= 15 is 0 Å². The van der Waals surface area contributed by atoms with Crippen molar-refractivity contribution >= 4 is 0 Å². The van der Waals surface area contributed by atoms with Crippen molar-refractivity contribution in [1.29, 1.82) is 0 Å². The van der Waals surface area contributed by atoms with Crippen molar-refractivity contribution in [3.63, 3.8) is 0 Å². The third-order valence-electron chi connectivity index (χ3n) is 1.74. The predicted octanol–water partition coefficient (Wildman–Crippen LogP) is 1.37. The first-order valence-electron chi connectivity index (χ1n) is 4.57. The van der Waals surface area contributed by atoms with Crippen LogP contribution in [-0.2, 0) is 6.54 Å². The fraction of sp³-hybridized carbons (Fsp3) is 0.400. The monoisotopic (exact) mass is 217 g/mol. The van der Waals surface area contributed by atoms with Crippen LogP contribution in [0.4, 0.5) is 8.78 Å². The van der Waals surface area contributed by atoms with Crippen molar-refractivity contribution < 1.29 is 18.6 Å². The molecule has 0 heterocycles. The van der Waals surface area contributed by atoms with E-state index in [0.717, 1.165) is 5.56 Å². The second-order valence-electron chi connectivity index (χ2n) is 2.93. The molecular formula is C10H13F2NO2. The van der Waals surface area contributed by atoms with Crippen LogP contribution in [0.5, 0.6) is 5.75 Å². The minimum atomic E-state index is -2.80. The minimum Gasteiger partial charge on any atom is -0.435 e. The molecule has 3 nitrogen and oxygen atoms in total. The summed E-state index contributed by atoms with van der Waals surface area (Å²) in [7, 11) is 0. The highest BCUT2D eigenvalue weighted by Gasteiger charge is 2.04. The summed E-state index contributed by atoms with van der Waals surface area (Å²) in [5, 5.41) is 11.5. The van der Waals surface area contributed by atoms with Crippen molar-refractivity contribution in [2.45, 2.75) is 13.2 Å². The lowest BCUT2D eigenvalue weighted by atomic mass is 10.2. The fourth-order valence-corrected chi connectivity index (χ4v) is 1.14. The number of halogens is 2. The Morgan fingerprint density at radius 2 is 2.20 bits per heavy atom. The van der Waals surface area contributed by atoms with E-state index in [1.54, 1.807) is 12.1 Å². The molecule has 2 N–H and O–H groups in total. The normalized spacial score (nSPS) is 10.7. The Morgan fingerprint density at radius 3 is 2.87 bits per heavy atom. The van der Waals surface area contributed by atoms with E-state index in [9.17, 15) is 8.78 Å². The van der Waals surface area contributed by atoms with E-state index in [-0.39, 0.29) is 12.4 Å². The molecule has 0 saturated heterocycles. The van der Waals surface area contributed by atoms with Crippen LogP contribution in [0.2, 0.25) is 0 Å². The first-order valence-corrected chi connectivity index (χ1v) is 4.57. The lowest BCUT2D eigenvalue weighted by Gasteiger charge is -2.07. The van der Waals surface area contributed by atoms with Gasteiger partial charge in [0.25, 0.3) is 0 Å². The number of hydrogen-bond donors (Lipinski definition) is 2. The Kier molecular flexibility index (Phi) is 5.00. The Labute approximate surface area is 86.7 Å². The van der Waals surface area contributed by atoms with Crippen LogP contribution in [-0.4, -0.2) is 24.9 Å². The van der Waals surface area contributed by atoms with E-state index in [2.05, 4.69) is 10.1 Å². The molecule has 0 unspecified atom stereocenters. The molecule has 0 atom stereocenters. The molecule has 0 bridgehead atoms. The molecule has 1 aromatic carbocycles. The average Bonchev–Trinajstić information content (AvgIpc) is 2.18. The summed E-state index contributed by atoms with van der Waals surface area (Å²) < 4.78 is 28.0. The van der Waals surface area contributed by atoms with Gasteiger partial charge in [-0.25, -0.2) is 0 Å². The molecule has 0 saturated carbocycles. The highest BCUT2D eigenvalue weighted by Crippen LogP contribution is 2.15. The number of aliphatic hydroxyl groups is 1. The molecule has 1 rings (SSSR count). The van der Waals surface area contributed by atoms with Gasteiger partial charge in [-0.05, 0) is 17.7 Å². The smallest absolute Gasteiger partial charge is 0.387 e. The van der Waals surface area contributed by atoms with Gasteiger partial charge in [-0.3, -0.25) is 0 Å². The van der Waals surface area contributed by atoms with Crippen molar-refractivity contribution in [1.82, 2.24) is 5.32 Å². The number of aliphatic hydroxyl groups excluding tert-OH is 1. The Hall–Kier alpha value is -1.20. The van der Waals surface area contributed by atoms with Gasteiger partial charge in [0, 0.05) is 13.1 Å². The van der Waals surface area contributed by atoms with Crippen molar-refractivity contribution in [2.75, 3.05) is 13.2 Å². The summed E-state index contributed by atoms with van der Waals surface area (Å²) in [4.78, 5) is 0. The number of nitrogens with one attached hydrogen (secondary N) is 1. The zero-order valence-electron chi connectivity index (χ0n) is 8.12. The number of benzene rings is 1. The summed E-state index contributed by atoms with van der Waals surface area (Å²) in [6.07, 6.45) is 0. The van der Waals surface area contributed by atoms with Gasteiger partial charge < -0.3 is 15.2 Å². The molecule has 0 aliphatic carbocycles. The van der Waals surface area contributed by atoms with Crippen molar-refractivity contribution in [3.8, 4) is 5.75 Å². The molecule has 15 heavy (non-hydrogen) atoms. The van der Waals surface area contributed by atoms with E-state index < -0.39 is 6.61 Å². The minimum absolute atomic E-state index is 0.0488. The molecule has 0 amide bonds. The molecule has 0 spiro atoms. The third kappa shape index (κ3) is 4.71. The Bertz CT molecular complexity index is 295. The Morgan fingerprint density at radius 1 is 1.40 bits per heavy atom. The summed E-state index contributed by atoms with van der Waals surface area (Å²) in [6.45, 7) is -1.76. The first kappa shape index (κ1) is 11.9. The number of ether oxygens (including phenoxy) is 1. The zero-order chi connectivity index (χ0) is 11.1. The highest BCUT2D eigenvalue weighted by molar-refractivity contribution is 5.28. The summed E-state index contributed by atoms with van der Waals surface area (Å²) in [5.74, 6) is 0.147. The standard InChI is InChI=1S/C10H13F2NO2/c11-10(12)15-9-3-1-2-8(6-9)7-13-4-5-14/h1-3,6,10,13-14H,4-5,7H2. The van der Waals surface area contributed by atoms with Gasteiger partial charge in [0.2, 0.25) is 0 Å². The molecule has 0 aliphatic heterocycles. The van der Waals surface area contributed by atoms with Crippen LogP contribution in [0.1, 0.15) is 5.56 Å². The maximum absolute atomic E-state index is 11.9. The third-order valence-corrected chi connectivity index (χ3v) is 1.74. The fourth-order valence-electron chi connectivity index (χ4n) is 1.14. The van der Waals surface area contributed by atoms with Gasteiger partial charge >= 0.3 is 6.61 Å². The van der Waals surface area contributed by atoms with Crippen LogP contribution in [0.25, 0.3) is 0 Å². The molecule has 0 aromatic heterocycles. The van der Waals surface area contributed by atoms with Crippen LogP contribution in [0.3, 0.4) is 0 Å². The SMILES string of the molecule is OCCNCc1cccc(OC(F)F)c1. The zero-order valence-corrected chi connectivity index (χ0v) is 8.12. The summed E-state index contributed by atoms with van der Waals surface area (Å²) >= 11 is 0. The van der Waals surface area contributed by atoms with Gasteiger partial charge in [-0.15, -0.1) is 0 Å². The molecule has 84 valence electrons. The average molecular weight is 217 g/mol. The number of alkyl halides is 2. The molecule has 0 aliphatic rings. The lowest BCUT2D eigenvalue weighted by Crippen LogP contribution is -2.17. The first-order chi connectivity index (χ1) is 7.22. The van der Waals surface area contributed by atoms with Gasteiger partial charge in [0.15, 0.2) is 0 Å². The maximum Gasteiger partial charge on any atom is 0.387 e. The molecule has 0 radical (unpaired) electrons. The van der Waals surface area contributed by atoms with E-state index in [1.165, 1.54) is 12.1 Å². The van der Waals surface area contributed by atoms with Gasteiger partial charge in [-0.1, -0.05) is 12.1 Å². The molecular weight excluding hydrogens is 204 g/mol. The predicted molar refractivity (Wildman–Crippen MR) is 51.9 cm³/mol. The number of hydrogen-bond acceptors (Lipinski definition) is 3. The van der Waals surface area contributed by atoms with Gasteiger partial charge in [0.05, 0.1) is 6.61 Å². The molecule has 0 fully saturated rings. The second-order valence-corrected chi connectivity index (χ2v) is 2.93. The van der Waals surface area contributed by atoms with E-state index in [0.29, 0.717) is 13.1 Å². The van der Waals surface area contributed by atoms with Crippen LogP contribution in [0, 0.1) is 0 Å². The molecule has 1 aromatic rings. The maximum atomic E-state index is 11.9. The van der Waals surface area contributed by atoms with Crippen LogP contribution >= 0.6 is 0 Å². The second kappa shape index (κ2) is 6.31. The lowest BCUT2D eigenvalue weighted by molar-refractivity contribution is -0.0498. The van der Waals surface area contributed by atoms with E-state index in [4.69, 9.17) is 5.11 Å².